The van der Waals surface area contributed by atoms with Crippen LogP contribution >= 0.6 is 0 Å². The van der Waals surface area contributed by atoms with E-state index in [-0.39, 0.29) is 6.61 Å². The molecule has 0 heterocycles. The van der Waals surface area contributed by atoms with Gasteiger partial charge in [-0.05, 0) is 29.8 Å². The third kappa shape index (κ3) is 23.2. The molecule has 3 N–H and O–H groups in total. The molecule has 0 unspecified atom stereocenters. The summed E-state index contributed by atoms with van der Waals surface area (Å²) in [5, 5.41) is 2.69. The summed E-state index contributed by atoms with van der Waals surface area (Å²) in [6.45, 7) is 9.17. The Balaban J connectivity index is 1.26. The molecule has 2 aromatic rings. The van der Waals surface area contributed by atoms with Gasteiger partial charge in [-0.25, -0.2) is 4.79 Å². The normalized spacial score (nSPS) is 11.0. The Kier molecular flexibility index (Phi) is 24.4. The Morgan fingerprint density at radius 2 is 0.911 bits per heavy atom. The monoisotopic (exact) mass is 638 g/mol. The zero-order valence-electron chi connectivity index (χ0n) is 26.2. The van der Waals surface area contributed by atoms with Gasteiger partial charge in [-0.2, -0.15) is 0 Å². The van der Waals surface area contributed by atoms with E-state index in [0.29, 0.717) is 130 Å². The van der Waals surface area contributed by atoms with Crippen LogP contribution in [0, 0.1) is 0 Å². The van der Waals surface area contributed by atoms with Crippen LogP contribution in [0.15, 0.2) is 54.6 Å². The topological polar surface area (TPSA) is 147 Å². The van der Waals surface area contributed by atoms with Gasteiger partial charge in [-0.1, -0.05) is 30.3 Å². The van der Waals surface area contributed by atoms with E-state index in [0.717, 1.165) is 5.56 Å². The van der Waals surface area contributed by atoms with E-state index in [1.165, 1.54) is 0 Å². The molecule has 0 fully saturated rings. The second-order valence-electron chi connectivity index (χ2n) is 9.25. The largest absolute Gasteiger partial charge is 0.491 e. The quantitative estimate of drug-likeness (QED) is 0.121. The highest BCUT2D eigenvalue weighted by atomic mass is 16.6. The summed E-state index contributed by atoms with van der Waals surface area (Å²) >= 11 is 0. The SMILES string of the molecule is NCCOCCOCCOCCOCCOCCOCCOCCOCCOc1ccc(NC(=O)OCc2ccccc2)cc1. The number of anilines is 1. The Morgan fingerprint density at radius 3 is 1.33 bits per heavy atom. The van der Waals surface area contributed by atoms with Crippen molar-refractivity contribution in [3.05, 3.63) is 60.2 Å². The first-order chi connectivity index (χ1) is 22.3. The lowest BCUT2D eigenvalue weighted by Crippen LogP contribution is -2.15. The van der Waals surface area contributed by atoms with Gasteiger partial charge < -0.3 is 53.1 Å². The van der Waals surface area contributed by atoms with Crippen molar-refractivity contribution in [3.8, 4) is 5.75 Å². The number of nitrogens with two attached hydrogens (primary N) is 1. The molecule has 254 valence electrons. The molecule has 13 heteroatoms. The molecular weight excluding hydrogens is 588 g/mol. The highest BCUT2D eigenvalue weighted by Gasteiger charge is 2.04. The van der Waals surface area contributed by atoms with Gasteiger partial charge in [-0.15, -0.1) is 0 Å². The summed E-state index contributed by atoms with van der Waals surface area (Å²) in [7, 11) is 0. The summed E-state index contributed by atoms with van der Waals surface area (Å²) in [4.78, 5) is 12.0. The predicted octanol–water partition coefficient (Wildman–Crippen LogP) is 2.91. The van der Waals surface area contributed by atoms with Gasteiger partial charge in [0.25, 0.3) is 0 Å². The van der Waals surface area contributed by atoms with Crippen LogP contribution in [0.1, 0.15) is 5.56 Å². The molecule has 0 aliphatic carbocycles. The smallest absolute Gasteiger partial charge is 0.411 e. The van der Waals surface area contributed by atoms with Gasteiger partial charge in [-0.3, -0.25) is 5.32 Å². The van der Waals surface area contributed by atoms with Crippen LogP contribution in [0.3, 0.4) is 0 Å². The van der Waals surface area contributed by atoms with Gasteiger partial charge in [0, 0.05) is 12.2 Å². The minimum absolute atomic E-state index is 0.212. The molecular formula is C32H50N2O11. The van der Waals surface area contributed by atoms with Crippen molar-refractivity contribution in [2.24, 2.45) is 5.73 Å². The fourth-order valence-electron chi connectivity index (χ4n) is 3.45. The zero-order valence-corrected chi connectivity index (χ0v) is 26.2. The van der Waals surface area contributed by atoms with Crippen molar-refractivity contribution in [2.45, 2.75) is 6.61 Å². The zero-order chi connectivity index (χ0) is 31.9. The van der Waals surface area contributed by atoms with Gasteiger partial charge in [0.15, 0.2) is 0 Å². The van der Waals surface area contributed by atoms with E-state index >= 15 is 0 Å². The first-order valence-corrected chi connectivity index (χ1v) is 15.3. The van der Waals surface area contributed by atoms with Crippen molar-refractivity contribution in [1.29, 1.82) is 0 Å². The van der Waals surface area contributed by atoms with E-state index < -0.39 is 6.09 Å². The minimum atomic E-state index is -0.515. The molecule has 2 rings (SSSR count). The molecule has 0 saturated carbocycles. The molecule has 0 spiro atoms. The Bertz CT molecular complexity index is 938. The molecule has 0 aliphatic rings. The molecule has 0 bridgehead atoms. The summed E-state index contributed by atoms with van der Waals surface area (Å²) < 4.78 is 54.3. The van der Waals surface area contributed by atoms with Gasteiger partial charge in [0.2, 0.25) is 0 Å². The standard InChI is InChI=1S/C32H50N2O11/c33-10-11-36-12-13-37-14-15-38-16-17-39-18-19-40-20-21-41-22-23-42-24-25-43-26-27-44-31-8-6-30(7-9-31)34-32(35)45-28-29-4-2-1-3-5-29/h1-9H,10-28,33H2,(H,34,35). The number of carbonyl (C=O) groups is 1. The van der Waals surface area contributed by atoms with E-state index in [1.54, 1.807) is 24.3 Å². The van der Waals surface area contributed by atoms with Crippen molar-refractivity contribution in [1.82, 2.24) is 0 Å². The van der Waals surface area contributed by atoms with E-state index in [2.05, 4.69) is 5.32 Å². The first-order valence-electron chi connectivity index (χ1n) is 15.3. The molecule has 0 aromatic heterocycles. The molecule has 1 amide bonds. The fraction of sp³-hybridized carbons (Fsp3) is 0.594. The Morgan fingerprint density at radius 1 is 0.511 bits per heavy atom. The maximum atomic E-state index is 12.0. The van der Waals surface area contributed by atoms with Crippen LogP contribution in [0.4, 0.5) is 10.5 Å². The summed E-state index contributed by atoms with van der Waals surface area (Å²) in [6, 6.07) is 16.5. The van der Waals surface area contributed by atoms with E-state index in [4.69, 9.17) is 53.1 Å². The fourth-order valence-corrected chi connectivity index (χ4v) is 3.45. The molecule has 2 aromatic carbocycles. The van der Waals surface area contributed by atoms with Gasteiger partial charge in [0.05, 0.1) is 106 Å². The van der Waals surface area contributed by atoms with Crippen molar-refractivity contribution in [2.75, 3.05) is 124 Å². The molecule has 0 saturated heterocycles. The van der Waals surface area contributed by atoms with E-state index in [9.17, 15) is 4.79 Å². The highest BCUT2D eigenvalue weighted by Crippen LogP contribution is 2.16. The summed E-state index contributed by atoms with van der Waals surface area (Å²) in [5.41, 5.74) is 6.87. The second-order valence-corrected chi connectivity index (χ2v) is 9.25. The van der Waals surface area contributed by atoms with Gasteiger partial charge >= 0.3 is 6.09 Å². The maximum Gasteiger partial charge on any atom is 0.411 e. The number of hydrogen-bond donors (Lipinski definition) is 2. The maximum absolute atomic E-state index is 12.0. The number of hydrogen-bond acceptors (Lipinski definition) is 12. The highest BCUT2D eigenvalue weighted by molar-refractivity contribution is 5.84. The number of benzene rings is 2. The lowest BCUT2D eigenvalue weighted by molar-refractivity contribution is -0.0234. The van der Waals surface area contributed by atoms with Crippen LogP contribution in [0.25, 0.3) is 0 Å². The number of amides is 1. The lowest BCUT2D eigenvalue weighted by atomic mass is 10.2. The van der Waals surface area contributed by atoms with Gasteiger partial charge in [0.1, 0.15) is 19.0 Å². The third-order valence-electron chi connectivity index (χ3n) is 5.68. The lowest BCUT2D eigenvalue weighted by Gasteiger charge is -2.10. The molecule has 0 aliphatic heterocycles. The first kappa shape index (κ1) is 38.3. The second kappa shape index (κ2) is 28.6. The van der Waals surface area contributed by atoms with Crippen molar-refractivity contribution in [3.63, 3.8) is 0 Å². The Hall–Kier alpha value is -2.85. The molecule has 45 heavy (non-hydrogen) atoms. The average molecular weight is 639 g/mol. The predicted molar refractivity (Wildman–Crippen MR) is 168 cm³/mol. The number of nitrogens with one attached hydrogen (secondary N) is 1. The van der Waals surface area contributed by atoms with E-state index in [1.807, 2.05) is 30.3 Å². The van der Waals surface area contributed by atoms with Crippen LogP contribution in [0.5, 0.6) is 5.75 Å². The molecule has 0 atom stereocenters. The van der Waals surface area contributed by atoms with Crippen LogP contribution < -0.4 is 15.8 Å². The molecule has 13 nitrogen and oxygen atoms in total. The van der Waals surface area contributed by atoms with Crippen LogP contribution in [0.2, 0.25) is 0 Å². The number of carbonyl (C=O) groups excluding carboxylic acids is 1. The Labute approximate surface area is 266 Å². The number of rotatable bonds is 30. The van der Waals surface area contributed by atoms with Crippen LogP contribution in [-0.2, 0) is 49.2 Å². The van der Waals surface area contributed by atoms with Crippen molar-refractivity contribution >= 4 is 11.8 Å². The van der Waals surface area contributed by atoms with Crippen LogP contribution in [-0.4, -0.2) is 125 Å². The summed E-state index contributed by atoms with van der Waals surface area (Å²) in [5.74, 6) is 0.677. The third-order valence-corrected chi connectivity index (χ3v) is 5.68. The summed E-state index contributed by atoms with van der Waals surface area (Å²) in [6.07, 6.45) is -0.515. The van der Waals surface area contributed by atoms with Crippen molar-refractivity contribution < 1.29 is 52.2 Å². The number of ether oxygens (including phenoxy) is 10. The molecule has 0 radical (unpaired) electrons. The minimum Gasteiger partial charge on any atom is -0.491 e. The average Bonchev–Trinajstić information content (AvgIpc) is 3.06.